The van der Waals surface area contributed by atoms with Crippen LogP contribution >= 0.6 is 0 Å². The highest BCUT2D eigenvalue weighted by Crippen LogP contribution is 2.40. The van der Waals surface area contributed by atoms with Gasteiger partial charge in [-0.05, 0) is 37.5 Å². The Hall–Kier alpha value is -2.63. The van der Waals surface area contributed by atoms with E-state index in [2.05, 4.69) is 10.5 Å². The standard InChI is InChI=1S/C15H14N2O4/c1-8-2-5-10(6-11(8)15(19)20)16-14(18)12-7-13(21-17-12)9-3-4-9/h2,5-7,9H,3-4H2,1H3,(H,16,18)(H,19,20). The molecule has 1 aromatic heterocycles. The zero-order chi connectivity index (χ0) is 15.0. The van der Waals surface area contributed by atoms with E-state index >= 15 is 0 Å². The molecule has 0 aliphatic heterocycles. The normalized spacial score (nSPS) is 14.0. The summed E-state index contributed by atoms with van der Waals surface area (Å²) >= 11 is 0. The highest BCUT2D eigenvalue weighted by atomic mass is 16.5. The van der Waals surface area contributed by atoms with Gasteiger partial charge in [0.15, 0.2) is 5.69 Å². The number of nitrogens with one attached hydrogen (secondary N) is 1. The predicted molar refractivity (Wildman–Crippen MR) is 74.6 cm³/mol. The number of aromatic carboxylic acids is 1. The molecule has 1 fully saturated rings. The Balaban J connectivity index is 1.77. The summed E-state index contributed by atoms with van der Waals surface area (Å²) in [5.74, 6) is -0.320. The average molecular weight is 286 g/mol. The topological polar surface area (TPSA) is 92.4 Å². The van der Waals surface area contributed by atoms with Gasteiger partial charge in [-0.25, -0.2) is 4.79 Å². The maximum Gasteiger partial charge on any atom is 0.336 e. The van der Waals surface area contributed by atoms with Crippen LogP contribution in [0.1, 0.15) is 50.9 Å². The first-order valence-corrected chi connectivity index (χ1v) is 6.66. The molecule has 108 valence electrons. The van der Waals surface area contributed by atoms with Crippen molar-refractivity contribution in [1.29, 1.82) is 0 Å². The lowest BCUT2D eigenvalue weighted by Gasteiger charge is -2.06. The highest BCUT2D eigenvalue weighted by molar-refractivity contribution is 6.03. The summed E-state index contributed by atoms with van der Waals surface area (Å²) in [6, 6.07) is 6.37. The van der Waals surface area contributed by atoms with Crippen LogP contribution in [0.4, 0.5) is 5.69 Å². The number of benzene rings is 1. The molecule has 3 rings (SSSR count). The SMILES string of the molecule is Cc1ccc(NC(=O)c2cc(C3CC3)on2)cc1C(=O)O. The van der Waals surface area contributed by atoms with Crippen molar-refractivity contribution < 1.29 is 19.2 Å². The number of aromatic nitrogens is 1. The van der Waals surface area contributed by atoms with Gasteiger partial charge in [0.2, 0.25) is 0 Å². The zero-order valence-electron chi connectivity index (χ0n) is 11.4. The Bertz CT molecular complexity index is 716. The van der Waals surface area contributed by atoms with Gasteiger partial charge >= 0.3 is 5.97 Å². The molecule has 1 aliphatic rings. The highest BCUT2D eigenvalue weighted by Gasteiger charge is 2.28. The maximum absolute atomic E-state index is 12.1. The summed E-state index contributed by atoms with van der Waals surface area (Å²) in [5.41, 5.74) is 1.41. The number of amides is 1. The number of carboxylic acids is 1. The van der Waals surface area contributed by atoms with E-state index in [1.807, 2.05) is 0 Å². The monoisotopic (exact) mass is 286 g/mol. The molecule has 1 saturated carbocycles. The molecule has 6 heteroatoms. The van der Waals surface area contributed by atoms with Crippen molar-refractivity contribution >= 4 is 17.6 Å². The summed E-state index contributed by atoms with van der Waals surface area (Å²) in [6.07, 6.45) is 2.13. The maximum atomic E-state index is 12.1. The molecule has 0 atom stereocenters. The fourth-order valence-corrected chi connectivity index (χ4v) is 2.08. The van der Waals surface area contributed by atoms with E-state index in [1.54, 1.807) is 25.1 Å². The van der Waals surface area contributed by atoms with Crippen molar-refractivity contribution in [3.8, 4) is 0 Å². The largest absolute Gasteiger partial charge is 0.478 e. The lowest BCUT2D eigenvalue weighted by Crippen LogP contribution is -2.13. The van der Waals surface area contributed by atoms with Crippen LogP contribution in [-0.4, -0.2) is 22.1 Å². The third kappa shape index (κ3) is 2.79. The van der Waals surface area contributed by atoms with Crippen LogP contribution in [-0.2, 0) is 0 Å². The van der Waals surface area contributed by atoms with Crippen LogP contribution in [0.2, 0.25) is 0 Å². The van der Waals surface area contributed by atoms with Crippen molar-refractivity contribution in [1.82, 2.24) is 5.16 Å². The van der Waals surface area contributed by atoms with Crippen LogP contribution in [0.3, 0.4) is 0 Å². The second kappa shape index (κ2) is 5.05. The molecule has 2 N–H and O–H groups in total. The molecule has 6 nitrogen and oxygen atoms in total. The summed E-state index contributed by atoms with van der Waals surface area (Å²) in [7, 11) is 0. The molecular weight excluding hydrogens is 272 g/mol. The first-order chi connectivity index (χ1) is 10.0. The number of anilines is 1. The molecule has 0 saturated heterocycles. The van der Waals surface area contributed by atoms with Crippen molar-refractivity contribution in [2.24, 2.45) is 0 Å². The summed E-state index contributed by atoms with van der Waals surface area (Å²) in [5, 5.41) is 15.4. The predicted octanol–water partition coefficient (Wildman–Crippen LogP) is 2.81. The van der Waals surface area contributed by atoms with Crippen LogP contribution in [0.15, 0.2) is 28.8 Å². The molecule has 0 radical (unpaired) electrons. The smallest absolute Gasteiger partial charge is 0.336 e. The molecule has 1 aliphatic carbocycles. The fraction of sp³-hybridized carbons (Fsp3) is 0.267. The third-order valence-corrected chi connectivity index (χ3v) is 3.47. The first-order valence-electron chi connectivity index (χ1n) is 6.66. The Labute approximate surface area is 120 Å². The van der Waals surface area contributed by atoms with Crippen LogP contribution < -0.4 is 5.32 Å². The second-order valence-corrected chi connectivity index (χ2v) is 5.18. The van der Waals surface area contributed by atoms with Crippen molar-refractivity contribution in [2.75, 3.05) is 5.32 Å². The first kappa shape index (κ1) is 13.4. The number of hydrogen-bond donors (Lipinski definition) is 2. The van der Waals surface area contributed by atoms with Crippen molar-refractivity contribution in [2.45, 2.75) is 25.7 Å². The summed E-state index contributed by atoms with van der Waals surface area (Å²) < 4.78 is 5.12. The van der Waals surface area contributed by atoms with Gasteiger partial charge in [-0.1, -0.05) is 11.2 Å². The lowest BCUT2D eigenvalue weighted by molar-refractivity contribution is 0.0695. The third-order valence-electron chi connectivity index (χ3n) is 3.47. The molecule has 0 unspecified atom stereocenters. The minimum Gasteiger partial charge on any atom is -0.478 e. The fourth-order valence-electron chi connectivity index (χ4n) is 2.08. The second-order valence-electron chi connectivity index (χ2n) is 5.18. The van der Waals surface area contributed by atoms with E-state index in [4.69, 9.17) is 9.63 Å². The van der Waals surface area contributed by atoms with E-state index in [0.29, 0.717) is 17.2 Å². The Kier molecular flexibility index (Phi) is 3.21. The minimum atomic E-state index is -1.03. The number of carbonyl (C=O) groups is 2. The Morgan fingerprint density at radius 3 is 2.76 bits per heavy atom. The van der Waals surface area contributed by atoms with E-state index in [0.717, 1.165) is 18.6 Å². The molecule has 1 aromatic carbocycles. The molecule has 0 spiro atoms. The lowest BCUT2D eigenvalue weighted by atomic mass is 10.1. The molecule has 0 bridgehead atoms. The van der Waals surface area contributed by atoms with Gasteiger partial charge in [0.25, 0.3) is 5.91 Å². The van der Waals surface area contributed by atoms with Crippen LogP contribution in [0.25, 0.3) is 0 Å². The number of nitrogens with zero attached hydrogens (tertiary/aromatic N) is 1. The van der Waals surface area contributed by atoms with Gasteiger partial charge in [-0.2, -0.15) is 0 Å². The van der Waals surface area contributed by atoms with Crippen LogP contribution in [0, 0.1) is 6.92 Å². The summed E-state index contributed by atoms with van der Waals surface area (Å²) in [6.45, 7) is 1.70. The number of carbonyl (C=O) groups excluding carboxylic acids is 1. The molecule has 1 amide bonds. The molecule has 2 aromatic rings. The quantitative estimate of drug-likeness (QED) is 0.901. The van der Waals surface area contributed by atoms with Gasteiger partial charge < -0.3 is 14.9 Å². The van der Waals surface area contributed by atoms with E-state index in [-0.39, 0.29) is 11.3 Å². The van der Waals surface area contributed by atoms with Gasteiger partial charge in [0.1, 0.15) is 5.76 Å². The average Bonchev–Trinajstić information content (AvgIpc) is 3.18. The number of carboxylic acid groups (broad SMARTS) is 1. The van der Waals surface area contributed by atoms with Crippen molar-refractivity contribution in [3.63, 3.8) is 0 Å². The Morgan fingerprint density at radius 2 is 2.10 bits per heavy atom. The molecule has 21 heavy (non-hydrogen) atoms. The molecule has 1 heterocycles. The van der Waals surface area contributed by atoms with Gasteiger partial charge in [0, 0.05) is 17.7 Å². The van der Waals surface area contributed by atoms with E-state index in [1.165, 1.54) is 6.07 Å². The van der Waals surface area contributed by atoms with Gasteiger partial charge in [0.05, 0.1) is 5.56 Å². The van der Waals surface area contributed by atoms with Crippen LogP contribution in [0.5, 0.6) is 0 Å². The number of aryl methyl sites for hydroxylation is 1. The zero-order valence-corrected chi connectivity index (χ0v) is 11.4. The number of rotatable bonds is 4. The summed E-state index contributed by atoms with van der Waals surface area (Å²) in [4.78, 5) is 23.1. The minimum absolute atomic E-state index is 0.159. The Morgan fingerprint density at radius 1 is 1.33 bits per heavy atom. The van der Waals surface area contributed by atoms with Crippen molar-refractivity contribution in [3.05, 3.63) is 46.8 Å². The molecular formula is C15H14N2O4. The van der Waals surface area contributed by atoms with E-state index < -0.39 is 11.9 Å². The van der Waals surface area contributed by atoms with Gasteiger partial charge in [-0.3, -0.25) is 4.79 Å². The van der Waals surface area contributed by atoms with E-state index in [9.17, 15) is 9.59 Å². The number of hydrogen-bond acceptors (Lipinski definition) is 4. The van der Waals surface area contributed by atoms with Gasteiger partial charge in [-0.15, -0.1) is 0 Å².